The zero-order valence-corrected chi connectivity index (χ0v) is 17.5. The minimum absolute atomic E-state index is 0.215. The SMILES string of the molecule is COCCCN1C(=O)C(c2ccc(Cl)cc2)=C(N(C)C2CCN(C)CC2)C1=O. The average molecular weight is 406 g/mol. The van der Waals surface area contributed by atoms with Gasteiger partial charge in [0.25, 0.3) is 11.8 Å². The van der Waals surface area contributed by atoms with Gasteiger partial charge in [-0.25, -0.2) is 0 Å². The lowest BCUT2D eigenvalue weighted by Crippen LogP contribution is -2.43. The molecule has 0 aliphatic carbocycles. The molecule has 6 nitrogen and oxygen atoms in total. The summed E-state index contributed by atoms with van der Waals surface area (Å²) in [5.41, 5.74) is 1.70. The Labute approximate surface area is 171 Å². The van der Waals surface area contributed by atoms with Crippen molar-refractivity contribution in [1.82, 2.24) is 14.7 Å². The quantitative estimate of drug-likeness (QED) is 0.515. The molecule has 0 N–H and O–H groups in total. The van der Waals surface area contributed by atoms with E-state index in [1.807, 2.05) is 24.1 Å². The van der Waals surface area contributed by atoms with Crippen LogP contribution in [0.25, 0.3) is 5.57 Å². The van der Waals surface area contributed by atoms with Crippen LogP contribution in [0.2, 0.25) is 5.02 Å². The summed E-state index contributed by atoms with van der Waals surface area (Å²) >= 11 is 6.02. The number of halogens is 1. The molecule has 0 saturated carbocycles. The predicted molar refractivity (Wildman–Crippen MR) is 110 cm³/mol. The summed E-state index contributed by atoms with van der Waals surface area (Å²) < 4.78 is 5.08. The van der Waals surface area contributed by atoms with Crippen LogP contribution in [0.5, 0.6) is 0 Å². The number of imide groups is 1. The van der Waals surface area contributed by atoms with Crippen molar-refractivity contribution in [2.24, 2.45) is 0 Å². The van der Waals surface area contributed by atoms with Crippen molar-refractivity contribution >= 4 is 29.0 Å². The van der Waals surface area contributed by atoms with E-state index >= 15 is 0 Å². The molecule has 1 saturated heterocycles. The molecule has 0 spiro atoms. The first-order chi connectivity index (χ1) is 13.4. The Bertz CT molecular complexity index is 755. The first-order valence-electron chi connectivity index (χ1n) is 9.70. The van der Waals surface area contributed by atoms with Crippen LogP contribution < -0.4 is 0 Å². The van der Waals surface area contributed by atoms with Crippen molar-refractivity contribution < 1.29 is 14.3 Å². The van der Waals surface area contributed by atoms with Gasteiger partial charge in [-0.15, -0.1) is 0 Å². The number of carbonyl (C=O) groups is 2. The van der Waals surface area contributed by atoms with Crippen LogP contribution in [0, 0.1) is 0 Å². The maximum absolute atomic E-state index is 13.2. The number of hydrogen-bond acceptors (Lipinski definition) is 5. The minimum Gasteiger partial charge on any atom is -0.385 e. The molecule has 2 amide bonds. The van der Waals surface area contributed by atoms with Crippen molar-refractivity contribution in [2.45, 2.75) is 25.3 Å². The summed E-state index contributed by atoms with van der Waals surface area (Å²) in [6.45, 7) is 2.83. The van der Waals surface area contributed by atoms with Gasteiger partial charge in [0.15, 0.2) is 0 Å². The highest BCUT2D eigenvalue weighted by atomic mass is 35.5. The Hall–Kier alpha value is -1.89. The van der Waals surface area contributed by atoms with Crippen LogP contribution >= 0.6 is 11.6 Å². The van der Waals surface area contributed by atoms with Gasteiger partial charge in [0, 0.05) is 38.4 Å². The standard InChI is InChI=1S/C21H28ClN3O3/c1-23-12-9-17(10-13-23)24(2)19-18(15-5-7-16(22)8-6-15)20(26)25(21(19)27)11-4-14-28-3/h5-8,17H,4,9-14H2,1-3H3. The van der Waals surface area contributed by atoms with Gasteiger partial charge in [0.2, 0.25) is 0 Å². The number of hydrogen-bond donors (Lipinski definition) is 0. The minimum atomic E-state index is -0.238. The van der Waals surface area contributed by atoms with Crippen molar-refractivity contribution in [1.29, 1.82) is 0 Å². The van der Waals surface area contributed by atoms with E-state index in [0.29, 0.717) is 35.9 Å². The smallest absolute Gasteiger partial charge is 0.277 e. The van der Waals surface area contributed by atoms with E-state index in [0.717, 1.165) is 31.5 Å². The highest BCUT2D eigenvalue weighted by molar-refractivity contribution is 6.36. The summed E-state index contributed by atoms with van der Waals surface area (Å²) in [6.07, 6.45) is 2.55. The number of piperidine rings is 1. The van der Waals surface area contributed by atoms with E-state index < -0.39 is 0 Å². The summed E-state index contributed by atoms with van der Waals surface area (Å²) in [4.78, 5) is 32.1. The summed E-state index contributed by atoms with van der Waals surface area (Å²) in [7, 11) is 5.66. The second-order valence-electron chi connectivity index (χ2n) is 7.48. The largest absolute Gasteiger partial charge is 0.385 e. The molecule has 0 atom stereocenters. The maximum atomic E-state index is 13.2. The predicted octanol–water partition coefficient (Wildman–Crippen LogP) is 2.48. The molecule has 2 heterocycles. The topological polar surface area (TPSA) is 53.1 Å². The van der Waals surface area contributed by atoms with Crippen molar-refractivity contribution in [2.75, 3.05) is 47.4 Å². The van der Waals surface area contributed by atoms with Crippen LogP contribution in [0.15, 0.2) is 30.0 Å². The van der Waals surface area contributed by atoms with Gasteiger partial charge in [-0.3, -0.25) is 14.5 Å². The molecule has 0 radical (unpaired) electrons. The third kappa shape index (κ3) is 4.24. The van der Waals surface area contributed by atoms with E-state index in [1.165, 1.54) is 4.90 Å². The van der Waals surface area contributed by atoms with Gasteiger partial charge >= 0.3 is 0 Å². The van der Waals surface area contributed by atoms with Gasteiger partial charge in [-0.05, 0) is 57.1 Å². The van der Waals surface area contributed by atoms with E-state index in [9.17, 15) is 9.59 Å². The molecule has 2 aliphatic heterocycles. The van der Waals surface area contributed by atoms with E-state index in [-0.39, 0.29) is 17.9 Å². The molecule has 152 valence electrons. The van der Waals surface area contributed by atoms with Gasteiger partial charge < -0.3 is 14.5 Å². The lowest BCUT2D eigenvalue weighted by atomic mass is 10.0. The second-order valence-corrected chi connectivity index (χ2v) is 7.92. The number of nitrogens with zero attached hydrogens (tertiary/aromatic N) is 3. The average Bonchev–Trinajstić information content (AvgIpc) is 2.93. The lowest BCUT2D eigenvalue weighted by Gasteiger charge is -2.36. The van der Waals surface area contributed by atoms with E-state index in [1.54, 1.807) is 19.2 Å². The Morgan fingerprint density at radius 2 is 1.79 bits per heavy atom. The molecule has 0 aromatic heterocycles. The van der Waals surface area contributed by atoms with Crippen LogP contribution in [0.4, 0.5) is 0 Å². The highest BCUT2D eigenvalue weighted by Gasteiger charge is 2.42. The Balaban J connectivity index is 1.94. The monoisotopic (exact) mass is 405 g/mol. The fourth-order valence-corrected chi connectivity index (χ4v) is 4.03. The lowest BCUT2D eigenvalue weighted by molar-refractivity contribution is -0.137. The van der Waals surface area contributed by atoms with Crippen LogP contribution in [-0.2, 0) is 14.3 Å². The molecule has 7 heteroatoms. The Morgan fingerprint density at radius 3 is 2.39 bits per heavy atom. The van der Waals surface area contributed by atoms with Crippen molar-refractivity contribution in [3.05, 3.63) is 40.5 Å². The molecule has 0 bridgehead atoms. The third-order valence-corrected chi connectivity index (χ3v) is 5.85. The van der Waals surface area contributed by atoms with Gasteiger partial charge in [0.1, 0.15) is 5.70 Å². The first kappa shape index (κ1) is 20.8. The van der Waals surface area contributed by atoms with Crippen LogP contribution in [0.3, 0.4) is 0 Å². The van der Waals surface area contributed by atoms with Gasteiger partial charge in [-0.1, -0.05) is 23.7 Å². The fraction of sp³-hybridized carbons (Fsp3) is 0.524. The zero-order chi connectivity index (χ0) is 20.3. The fourth-order valence-electron chi connectivity index (χ4n) is 3.90. The zero-order valence-electron chi connectivity index (χ0n) is 16.8. The van der Waals surface area contributed by atoms with Gasteiger partial charge in [-0.2, -0.15) is 0 Å². The van der Waals surface area contributed by atoms with E-state index in [2.05, 4.69) is 11.9 Å². The molecule has 1 aromatic rings. The number of carbonyl (C=O) groups excluding carboxylic acids is 2. The molecule has 28 heavy (non-hydrogen) atoms. The number of ether oxygens (including phenoxy) is 1. The molecular weight excluding hydrogens is 378 g/mol. The Kier molecular flexibility index (Phi) is 6.75. The van der Waals surface area contributed by atoms with Crippen LogP contribution in [-0.4, -0.2) is 80.0 Å². The molecule has 3 rings (SSSR count). The normalized spacial score (nSPS) is 19.1. The summed E-state index contributed by atoms with van der Waals surface area (Å²) in [6, 6.07) is 7.36. The third-order valence-electron chi connectivity index (χ3n) is 5.60. The van der Waals surface area contributed by atoms with Crippen molar-refractivity contribution in [3.8, 4) is 0 Å². The summed E-state index contributed by atoms with van der Waals surface area (Å²) in [5, 5.41) is 0.600. The van der Waals surface area contributed by atoms with Crippen LogP contribution in [0.1, 0.15) is 24.8 Å². The summed E-state index contributed by atoms with van der Waals surface area (Å²) in [5.74, 6) is -0.453. The number of methoxy groups -OCH3 is 1. The molecule has 1 aromatic carbocycles. The first-order valence-corrected chi connectivity index (χ1v) is 10.1. The van der Waals surface area contributed by atoms with E-state index in [4.69, 9.17) is 16.3 Å². The molecule has 0 unspecified atom stereocenters. The number of rotatable bonds is 7. The molecular formula is C21H28ClN3O3. The molecule has 1 fully saturated rings. The second kappa shape index (κ2) is 9.07. The number of likely N-dealkylation sites (tertiary alicyclic amines) is 1. The van der Waals surface area contributed by atoms with Gasteiger partial charge in [0.05, 0.1) is 5.57 Å². The Morgan fingerprint density at radius 1 is 1.14 bits per heavy atom. The van der Waals surface area contributed by atoms with Crippen molar-refractivity contribution in [3.63, 3.8) is 0 Å². The number of likely N-dealkylation sites (N-methyl/N-ethyl adjacent to an activating group) is 1. The number of amides is 2. The highest BCUT2D eigenvalue weighted by Crippen LogP contribution is 2.34. The molecule has 2 aliphatic rings. The number of benzene rings is 1. The maximum Gasteiger partial charge on any atom is 0.277 e.